The minimum Gasteiger partial charge on any atom is -0.393 e. The number of carbonyl (C=O) groups excluding carboxylic acids is 1. The predicted molar refractivity (Wildman–Crippen MR) is 63.5 cm³/mol. The number of carbonyl (C=O) groups is 1. The van der Waals surface area contributed by atoms with Gasteiger partial charge in [-0.05, 0) is 6.92 Å². The number of ether oxygens (including phenoxy) is 1. The molecule has 0 fully saturated rings. The molecule has 0 spiro atoms. The number of amides is 1. The van der Waals surface area contributed by atoms with Gasteiger partial charge < -0.3 is 16.2 Å². The van der Waals surface area contributed by atoms with E-state index in [9.17, 15) is 4.79 Å². The van der Waals surface area contributed by atoms with Crippen molar-refractivity contribution in [3.05, 3.63) is 0 Å². The lowest BCUT2D eigenvalue weighted by atomic mass is 10.2. The molecule has 0 aromatic rings. The largest absolute Gasteiger partial charge is 0.393 e. The summed E-state index contributed by atoms with van der Waals surface area (Å²) in [6, 6.07) is -0.325. The Morgan fingerprint density at radius 1 is 1.47 bits per heavy atom. The Balaban J connectivity index is 4.16. The van der Waals surface area contributed by atoms with Crippen LogP contribution in [0.1, 0.15) is 13.3 Å². The second-order valence-corrected chi connectivity index (χ2v) is 3.85. The zero-order chi connectivity index (χ0) is 11.8. The lowest BCUT2D eigenvalue weighted by molar-refractivity contribution is -0.122. The molecule has 0 bridgehead atoms. The van der Waals surface area contributed by atoms with Gasteiger partial charge in [-0.25, -0.2) is 0 Å². The molecule has 0 heterocycles. The molecule has 6 heteroatoms. The average molecular weight is 233 g/mol. The number of nitrogens with zero attached hydrogens (tertiary/aromatic N) is 1. The summed E-state index contributed by atoms with van der Waals surface area (Å²) >= 11 is 4.78. The van der Waals surface area contributed by atoms with Gasteiger partial charge in [0.2, 0.25) is 5.91 Å². The van der Waals surface area contributed by atoms with E-state index in [-0.39, 0.29) is 11.9 Å². The molecule has 0 radical (unpaired) electrons. The fourth-order valence-corrected chi connectivity index (χ4v) is 1.23. The van der Waals surface area contributed by atoms with Crippen molar-refractivity contribution in [2.45, 2.75) is 19.4 Å². The van der Waals surface area contributed by atoms with Crippen molar-refractivity contribution >= 4 is 23.1 Å². The molecule has 15 heavy (non-hydrogen) atoms. The van der Waals surface area contributed by atoms with Gasteiger partial charge in [-0.15, -0.1) is 0 Å². The van der Waals surface area contributed by atoms with Crippen molar-refractivity contribution in [2.75, 3.05) is 26.8 Å². The highest BCUT2D eigenvalue weighted by Crippen LogP contribution is 2.00. The molecule has 1 atom stereocenters. The van der Waals surface area contributed by atoms with Crippen molar-refractivity contribution in [3.63, 3.8) is 0 Å². The number of rotatable bonds is 8. The van der Waals surface area contributed by atoms with Crippen LogP contribution in [0.4, 0.5) is 0 Å². The zero-order valence-corrected chi connectivity index (χ0v) is 10.0. The van der Waals surface area contributed by atoms with Gasteiger partial charge in [0.05, 0.1) is 17.6 Å². The molecule has 0 aliphatic rings. The lowest BCUT2D eigenvalue weighted by Gasteiger charge is -2.26. The molecule has 0 aliphatic heterocycles. The molecular weight excluding hydrogens is 214 g/mol. The Morgan fingerprint density at radius 3 is 2.47 bits per heavy atom. The average Bonchev–Trinajstić information content (AvgIpc) is 2.16. The van der Waals surface area contributed by atoms with Crippen LogP contribution in [0.2, 0.25) is 0 Å². The van der Waals surface area contributed by atoms with Gasteiger partial charge in [-0.2, -0.15) is 0 Å². The summed E-state index contributed by atoms with van der Waals surface area (Å²) in [4.78, 5) is 13.4. The third-order valence-corrected chi connectivity index (χ3v) is 2.39. The summed E-state index contributed by atoms with van der Waals surface area (Å²) in [6.07, 6.45) is 0.580. The van der Waals surface area contributed by atoms with Gasteiger partial charge in [0, 0.05) is 26.6 Å². The van der Waals surface area contributed by atoms with E-state index in [0.29, 0.717) is 31.1 Å². The first kappa shape index (κ1) is 14.3. The molecular formula is C9H19N3O2S. The molecule has 1 unspecified atom stereocenters. The summed E-state index contributed by atoms with van der Waals surface area (Å²) in [7, 11) is 1.61. The Morgan fingerprint density at radius 2 is 2.07 bits per heavy atom. The Hall–Kier alpha value is -0.720. The van der Waals surface area contributed by atoms with Crippen molar-refractivity contribution in [3.8, 4) is 0 Å². The number of methoxy groups -OCH3 is 1. The van der Waals surface area contributed by atoms with Crippen molar-refractivity contribution in [1.82, 2.24) is 4.90 Å². The fourth-order valence-electron chi connectivity index (χ4n) is 1.14. The third kappa shape index (κ3) is 6.38. The lowest BCUT2D eigenvalue weighted by Crippen LogP contribution is -2.45. The summed E-state index contributed by atoms with van der Waals surface area (Å²) in [5.41, 5.74) is 10.6. The van der Waals surface area contributed by atoms with E-state index in [4.69, 9.17) is 28.4 Å². The summed E-state index contributed by atoms with van der Waals surface area (Å²) in [5.74, 6) is -0.353. The van der Waals surface area contributed by atoms with Crippen LogP contribution < -0.4 is 11.5 Å². The molecule has 4 N–H and O–H groups in total. The van der Waals surface area contributed by atoms with Gasteiger partial charge in [0.25, 0.3) is 0 Å². The van der Waals surface area contributed by atoms with E-state index in [2.05, 4.69) is 0 Å². The van der Waals surface area contributed by atoms with E-state index >= 15 is 0 Å². The summed E-state index contributed by atoms with van der Waals surface area (Å²) in [6.45, 7) is 3.58. The summed E-state index contributed by atoms with van der Waals surface area (Å²) in [5, 5.41) is 0. The first-order chi connectivity index (χ1) is 6.99. The Labute approximate surface area is 95.7 Å². The minimum atomic E-state index is -0.353. The smallest absolute Gasteiger partial charge is 0.234 e. The Kier molecular flexibility index (Phi) is 7.19. The van der Waals surface area contributed by atoms with Gasteiger partial charge in [-0.1, -0.05) is 12.2 Å². The van der Waals surface area contributed by atoms with Gasteiger partial charge in [-0.3, -0.25) is 9.69 Å². The molecule has 88 valence electrons. The van der Waals surface area contributed by atoms with Crippen LogP contribution in [0.25, 0.3) is 0 Å². The predicted octanol–water partition coefficient (Wildman–Crippen LogP) is -0.515. The molecule has 0 saturated heterocycles. The van der Waals surface area contributed by atoms with Gasteiger partial charge in [0.15, 0.2) is 0 Å². The maximum Gasteiger partial charge on any atom is 0.234 e. The zero-order valence-electron chi connectivity index (χ0n) is 9.23. The van der Waals surface area contributed by atoms with Gasteiger partial charge in [0.1, 0.15) is 0 Å². The van der Waals surface area contributed by atoms with Crippen LogP contribution in [0, 0.1) is 0 Å². The normalized spacial score (nSPS) is 12.7. The van der Waals surface area contributed by atoms with Crippen LogP contribution in [-0.4, -0.2) is 48.6 Å². The number of thiocarbonyl (C=S) groups is 1. The van der Waals surface area contributed by atoms with E-state index in [1.165, 1.54) is 0 Å². The van der Waals surface area contributed by atoms with E-state index in [0.717, 1.165) is 0 Å². The number of hydrogen-bond acceptors (Lipinski definition) is 4. The maximum atomic E-state index is 11.0. The van der Waals surface area contributed by atoms with Crippen LogP contribution in [0.15, 0.2) is 0 Å². The van der Waals surface area contributed by atoms with E-state index < -0.39 is 0 Å². The topological polar surface area (TPSA) is 81.6 Å². The first-order valence-corrected chi connectivity index (χ1v) is 5.20. The maximum absolute atomic E-state index is 11.0. The number of nitrogens with two attached hydrogens (primary N) is 2. The van der Waals surface area contributed by atoms with E-state index in [1.807, 2.05) is 4.90 Å². The second kappa shape index (κ2) is 7.56. The van der Waals surface area contributed by atoms with Gasteiger partial charge >= 0.3 is 0 Å². The second-order valence-electron chi connectivity index (χ2n) is 3.32. The SMILES string of the molecule is COCCN(CCC(N)=S)C(C)C(N)=O. The number of hydrogen-bond donors (Lipinski definition) is 2. The fraction of sp³-hybridized carbons (Fsp3) is 0.778. The summed E-state index contributed by atoms with van der Waals surface area (Å²) < 4.78 is 4.95. The quantitative estimate of drug-likeness (QED) is 0.552. The molecule has 1 amide bonds. The highest BCUT2D eigenvalue weighted by atomic mass is 32.1. The molecule has 0 aromatic heterocycles. The van der Waals surface area contributed by atoms with Crippen molar-refractivity contribution in [2.24, 2.45) is 11.5 Å². The van der Waals surface area contributed by atoms with Crippen LogP contribution >= 0.6 is 12.2 Å². The van der Waals surface area contributed by atoms with E-state index in [1.54, 1.807) is 14.0 Å². The molecule has 5 nitrogen and oxygen atoms in total. The standard InChI is InChI=1S/C9H19N3O2S/c1-7(9(11)13)12(5-6-14-2)4-3-8(10)15/h7H,3-6H2,1-2H3,(H2,10,15)(H2,11,13). The van der Waals surface area contributed by atoms with Crippen LogP contribution in [0.5, 0.6) is 0 Å². The van der Waals surface area contributed by atoms with Crippen LogP contribution in [-0.2, 0) is 9.53 Å². The number of primary amides is 1. The molecule has 0 aliphatic carbocycles. The highest BCUT2D eigenvalue weighted by Gasteiger charge is 2.18. The molecule has 0 saturated carbocycles. The van der Waals surface area contributed by atoms with Crippen molar-refractivity contribution < 1.29 is 9.53 Å². The Bertz CT molecular complexity index is 223. The highest BCUT2D eigenvalue weighted by molar-refractivity contribution is 7.80. The van der Waals surface area contributed by atoms with Crippen molar-refractivity contribution in [1.29, 1.82) is 0 Å². The third-order valence-electron chi connectivity index (χ3n) is 2.19. The first-order valence-electron chi connectivity index (χ1n) is 4.79. The molecule has 0 aromatic carbocycles. The molecule has 0 rings (SSSR count). The van der Waals surface area contributed by atoms with Crippen LogP contribution in [0.3, 0.4) is 0 Å². The monoisotopic (exact) mass is 233 g/mol. The minimum absolute atomic E-state index is 0.325.